The van der Waals surface area contributed by atoms with Gasteiger partial charge in [-0.1, -0.05) is 28.9 Å². The van der Waals surface area contributed by atoms with Crippen molar-refractivity contribution in [2.24, 2.45) is 0 Å². The highest BCUT2D eigenvalue weighted by Crippen LogP contribution is 2.32. The molecule has 31 heavy (non-hydrogen) atoms. The van der Waals surface area contributed by atoms with Gasteiger partial charge in [0.1, 0.15) is 0 Å². The highest BCUT2D eigenvalue weighted by molar-refractivity contribution is 7.89. The molecule has 1 saturated heterocycles. The fourth-order valence-electron chi connectivity index (χ4n) is 4.67. The average molecular weight is 438 g/mol. The van der Waals surface area contributed by atoms with Crippen LogP contribution in [0.4, 0.5) is 0 Å². The minimum absolute atomic E-state index is 0.109. The van der Waals surface area contributed by atoms with Gasteiger partial charge in [0.05, 0.1) is 4.90 Å². The normalized spacial score (nSPS) is 18.1. The maximum absolute atomic E-state index is 13.2. The van der Waals surface area contributed by atoms with Crippen LogP contribution in [0.3, 0.4) is 0 Å². The Kier molecular flexibility index (Phi) is 5.40. The molecule has 0 radical (unpaired) electrons. The van der Waals surface area contributed by atoms with Crippen LogP contribution in [0.2, 0.25) is 0 Å². The average Bonchev–Trinajstić information content (AvgIpc) is 3.29. The quantitative estimate of drug-likeness (QED) is 0.601. The molecule has 0 atom stereocenters. The highest BCUT2D eigenvalue weighted by Gasteiger charge is 2.32. The number of hydrogen-bond donors (Lipinski definition) is 0. The van der Waals surface area contributed by atoms with Crippen LogP contribution in [-0.4, -0.2) is 36.0 Å². The molecule has 0 saturated carbocycles. The van der Waals surface area contributed by atoms with Crippen molar-refractivity contribution >= 4 is 10.0 Å². The van der Waals surface area contributed by atoms with E-state index in [0.717, 1.165) is 30.4 Å². The minimum Gasteiger partial charge on any atom is -0.334 e. The first-order valence-electron chi connectivity index (χ1n) is 11.0. The zero-order valence-corrected chi connectivity index (χ0v) is 18.6. The summed E-state index contributed by atoms with van der Waals surface area (Å²) >= 11 is 0. The van der Waals surface area contributed by atoms with Gasteiger partial charge >= 0.3 is 0 Å². The smallest absolute Gasteiger partial charge is 0.257 e. The number of aromatic nitrogens is 2. The van der Waals surface area contributed by atoms with Crippen molar-refractivity contribution in [2.75, 3.05) is 13.1 Å². The zero-order valence-electron chi connectivity index (χ0n) is 17.8. The summed E-state index contributed by atoms with van der Waals surface area (Å²) in [7, 11) is -3.47. The standard InChI is InChI=1S/C24H27N3O3S/c1-17-5-4-8-21(15-17)24-25-23(26-30-24)19-11-13-27(14-12-19)31(28,29)22-10-9-18-6-2-3-7-20(18)16-22/h4-5,8-10,15-16,19H,2-3,6-7,11-14H2,1H3. The SMILES string of the molecule is Cc1cccc(-c2nc(C3CCN(S(=O)(=O)c4ccc5c(c4)CCCC5)CC3)no2)c1. The Morgan fingerprint density at radius 3 is 2.55 bits per heavy atom. The summed E-state index contributed by atoms with van der Waals surface area (Å²) in [5.41, 5.74) is 4.53. The van der Waals surface area contributed by atoms with E-state index < -0.39 is 10.0 Å². The van der Waals surface area contributed by atoms with Crippen LogP contribution in [0.5, 0.6) is 0 Å². The first kappa shape index (κ1) is 20.4. The van der Waals surface area contributed by atoms with Crippen molar-refractivity contribution in [3.8, 4) is 11.5 Å². The lowest BCUT2D eigenvalue weighted by Crippen LogP contribution is -2.38. The number of nitrogens with zero attached hydrogens (tertiary/aromatic N) is 3. The molecule has 1 aliphatic carbocycles. The van der Waals surface area contributed by atoms with Gasteiger partial charge in [0.2, 0.25) is 10.0 Å². The molecule has 2 heterocycles. The minimum atomic E-state index is -3.47. The molecule has 0 N–H and O–H groups in total. The van der Waals surface area contributed by atoms with Crippen LogP contribution >= 0.6 is 0 Å². The Bertz CT molecular complexity index is 1190. The third kappa shape index (κ3) is 4.04. The molecular weight excluding hydrogens is 410 g/mol. The number of sulfonamides is 1. The molecule has 0 bridgehead atoms. The van der Waals surface area contributed by atoms with Crippen molar-refractivity contribution in [1.29, 1.82) is 0 Å². The number of aryl methyl sites for hydroxylation is 3. The van der Waals surface area contributed by atoms with Gasteiger partial charge in [-0.25, -0.2) is 8.42 Å². The fourth-order valence-corrected chi connectivity index (χ4v) is 6.19. The third-order valence-corrected chi connectivity index (χ3v) is 8.38. The van der Waals surface area contributed by atoms with E-state index in [4.69, 9.17) is 4.52 Å². The second-order valence-corrected chi connectivity index (χ2v) is 10.6. The number of fused-ring (bicyclic) bond motifs is 1. The molecule has 1 aliphatic heterocycles. The summed E-state index contributed by atoms with van der Waals surface area (Å²) in [5.74, 6) is 1.29. The van der Waals surface area contributed by atoms with E-state index in [1.165, 1.54) is 17.5 Å². The Balaban J connectivity index is 1.28. The summed E-state index contributed by atoms with van der Waals surface area (Å²) in [5, 5.41) is 4.19. The monoisotopic (exact) mass is 437 g/mol. The van der Waals surface area contributed by atoms with Gasteiger partial charge in [-0.05, 0) is 80.8 Å². The van der Waals surface area contributed by atoms with Gasteiger partial charge in [0.15, 0.2) is 5.82 Å². The summed E-state index contributed by atoms with van der Waals surface area (Å²) in [4.78, 5) is 5.02. The molecule has 7 heteroatoms. The molecule has 3 aromatic rings. The largest absolute Gasteiger partial charge is 0.334 e. The maximum Gasteiger partial charge on any atom is 0.257 e. The molecule has 6 nitrogen and oxygen atoms in total. The van der Waals surface area contributed by atoms with Crippen molar-refractivity contribution in [3.05, 3.63) is 65.0 Å². The summed E-state index contributed by atoms with van der Waals surface area (Å²) in [6, 6.07) is 13.6. The Morgan fingerprint density at radius 1 is 1.00 bits per heavy atom. The van der Waals surface area contributed by atoms with Crippen LogP contribution in [-0.2, 0) is 22.9 Å². The van der Waals surface area contributed by atoms with Crippen molar-refractivity contribution in [1.82, 2.24) is 14.4 Å². The van der Waals surface area contributed by atoms with Gasteiger partial charge in [0.25, 0.3) is 5.89 Å². The molecule has 162 valence electrons. The maximum atomic E-state index is 13.2. The van der Waals surface area contributed by atoms with Crippen molar-refractivity contribution < 1.29 is 12.9 Å². The predicted octanol–water partition coefficient (Wildman–Crippen LogP) is 4.49. The molecule has 2 aromatic carbocycles. The van der Waals surface area contributed by atoms with Crippen molar-refractivity contribution in [3.63, 3.8) is 0 Å². The number of benzene rings is 2. The van der Waals surface area contributed by atoms with E-state index in [1.54, 1.807) is 10.4 Å². The van der Waals surface area contributed by atoms with Crippen LogP contribution in [0.1, 0.15) is 54.1 Å². The summed E-state index contributed by atoms with van der Waals surface area (Å²) in [6.45, 7) is 2.97. The van der Waals surface area contributed by atoms with Gasteiger partial charge in [-0.3, -0.25) is 0 Å². The van der Waals surface area contributed by atoms with Gasteiger partial charge in [-0.2, -0.15) is 9.29 Å². The first-order valence-corrected chi connectivity index (χ1v) is 12.5. The predicted molar refractivity (Wildman–Crippen MR) is 118 cm³/mol. The fraction of sp³-hybridized carbons (Fsp3) is 0.417. The molecule has 0 unspecified atom stereocenters. The first-order chi connectivity index (χ1) is 15.0. The zero-order chi connectivity index (χ0) is 21.4. The molecule has 1 fully saturated rings. The Morgan fingerprint density at radius 2 is 1.77 bits per heavy atom. The number of rotatable bonds is 4. The van der Waals surface area contributed by atoms with Crippen LogP contribution in [0.15, 0.2) is 51.9 Å². The molecule has 0 amide bonds. The Labute approximate surface area is 183 Å². The molecule has 0 spiro atoms. The number of piperidine rings is 1. The lowest BCUT2D eigenvalue weighted by Gasteiger charge is -2.30. The van der Waals surface area contributed by atoms with E-state index in [-0.39, 0.29) is 5.92 Å². The van der Waals surface area contributed by atoms with Gasteiger partial charge in [0, 0.05) is 24.6 Å². The molecule has 1 aromatic heterocycles. The van der Waals surface area contributed by atoms with Gasteiger partial charge < -0.3 is 4.52 Å². The van der Waals surface area contributed by atoms with E-state index in [1.807, 2.05) is 43.3 Å². The molecule has 5 rings (SSSR count). The molecular formula is C24H27N3O3S. The second kappa shape index (κ2) is 8.20. The summed E-state index contributed by atoms with van der Waals surface area (Å²) < 4.78 is 33.5. The highest BCUT2D eigenvalue weighted by atomic mass is 32.2. The summed E-state index contributed by atoms with van der Waals surface area (Å²) in [6.07, 6.45) is 5.73. The lowest BCUT2D eigenvalue weighted by atomic mass is 9.92. The number of hydrogen-bond acceptors (Lipinski definition) is 5. The Hall–Kier alpha value is -2.51. The van der Waals surface area contributed by atoms with E-state index in [2.05, 4.69) is 10.1 Å². The van der Waals surface area contributed by atoms with Crippen LogP contribution in [0.25, 0.3) is 11.5 Å². The lowest BCUT2D eigenvalue weighted by molar-refractivity contribution is 0.307. The van der Waals surface area contributed by atoms with E-state index in [9.17, 15) is 8.42 Å². The van der Waals surface area contributed by atoms with Crippen LogP contribution < -0.4 is 0 Å². The molecule has 2 aliphatic rings. The second-order valence-electron chi connectivity index (χ2n) is 8.64. The van der Waals surface area contributed by atoms with Gasteiger partial charge in [-0.15, -0.1) is 0 Å². The third-order valence-electron chi connectivity index (χ3n) is 6.48. The topological polar surface area (TPSA) is 76.3 Å². The van der Waals surface area contributed by atoms with E-state index >= 15 is 0 Å². The van der Waals surface area contributed by atoms with Crippen molar-refractivity contribution in [2.45, 2.75) is 56.3 Å². The van der Waals surface area contributed by atoms with E-state index in [0.29, 0.717) is 42.5 Å². The van der Waals surface area contributed by atoms with Crippen LogP contribution in [0, 0.1) is 6.92 Å².